The molecule has 1 heterocycles. The number of hydrogen-bond acceptors (Lipinski definition) is 4. The lowest BCUT2D eigenvalue weighted by Gasteiger charge is -2.27. The van der Waals surface area contributed by atoms with E-state index in [2.05, 4.69) is 5.43 Å². The van der Waals surface area contributed by atoms with Crippen molar-refractivity contribution in [3.63, 3.8) is 0 Å². The van der Waals surface area contributed by atoms with E-state index in [9.17, 15) is 4.79 Å². The molecule has 11 heavy (non-hydrogen) atoms. The molecule has 0 aromatic heterocycles. The normalized spacial score (nSPS) is 23.0. The maximum absolute atomic E-state index is 9.91. The Morgan fingerprint density at radius 1 is 1.36 bits per heavy atom. The SMILES string of the molecule is O=[C]C(O)NN1CCCCC1. The third-order valence-electron chi connectivity index (χ3n) is 1.77. The van der Waals surface area contributed by atoms with E-state index in [-0.39, 0.29) is 0 Å². The molecule has 0 aliphatic carbocycles. The summed E-state index contributed by atoms with van der Waals surface area (Å²) in [5, 5.41) is 10.7. The maximum Gasteiger partial charge on any atom is 0.247 e. The fourth-order valence-corrected chi connectivity index (χ4v) is 1.22. The van der Waals surface area contributed by atoms with Crippen LogP contribution < -0.4 is 5.43 Å². The van der Waals surface area contributed by atoms with Crippen LogP contribution in [-0.4, -0.2) is 35.7 Å². The number of carbonyl (C=O) groups excluding carboxylic acids is 1. The quantitative estimate of drug-likeness (QED) is 0.537. The van der Waals surface area contributed by atoms with Gasteiger partial charge in [0.15, 0.2) is 6.23 Å². The van der Waals surface area contributed by atoms with E-state index >= 15 is 0 Å². The van der Waals surface area contributed by atoms with Gasteiger partial charge in [-0.25, -0.2) is 10.4 Å². The zero-order valence-electron chi connectivity index (χ0n) is 6.42. The zero-order valence-corrected chi connectivity index (χ0v) is 6.42. The van der Waals surface area contributed by atoms with E-state index in [4.69, 9.17) is 5.11 Å². The van der Waals surface area contributed by atoms with Crippen molar-refractivity contribution in [1.29, 1.82) is 0 Å². The summed E-state index contributed by atoms with van der Waals surface area (Å²) in [6.07, 6.45) is 3.79. The van der Waals surface area contributed by atoms with Crippen LogP contribution in [0.2, 0.25) is 0 Å². The summed E-state index contributed by atoms with van der Waals surface area (Å²) in [6, 6.07) is 0. The summed E-state index contributed by atoms with van der Waals surface area (Å²) in [4.78, 5) is 9.91. The van der Waals surface area contributed by atoms with Gasteiger partial charge in [0.05, 0.1) is 0 Å². The highest BCUT2D eigenvalue weighted by atomic mass is 16.3. The van der Waals surface area contributed by atoms with Crippen molar-refractivity contribution in [2.24, 2.45) is 0 Å². The highest BCUT2D eigenvalue weighted by molar-refractivity contribution is 5.55. The predicted molar refractivity (Wildman–Crippen MR) is 40.3 cm³/mol. The van der Waals surface area contributed by atoms with E-state index in [1.165, 1.54) is 12.7 Å². The van der Waals surface area contributed by atoms with Gasteiger partial charge in [-0.3, -0.25) is 4.79 Å². The Morgan fingerprint density at radius 2 is 2.00 bits per heavy atom. The molecule has 0 spiro atoms. The zero-order chi connectivity index (χ0) is 8.10. The van der Waals surface area contributed by atoms with Crippen LogP contribution >= 0.6 is 0 Å². The smallest absolute Gasteiger partial charge is 0.247 e. The topological polar surface area (TPSA) is 52.6 Å². The lowest BCUT2D eigenvalue weighted by molar-refractivity contribution is 0.0602. The first kappa shape index (κ1) is 8.64. The van der Waals surface area contributed by atoms with Crippen LogP contribution in [0.5, 0.6) is 0 Å². The minimum Gasteiger partial charge on any atom is -0.370 e. The third-order valence-corrected chi connectivity index (χ3v) is 1.77. The lowest BCUT2D eigenvalue weighted by atomic mass is 10.2. The molecule has 0 aromatic carbocycles. The van der Waals surface area contributed by atoms with Crippen LogP contribution in [0.4, 0.5) is 0 Å². The maximum atomic E-state index is 9.91. The average molecular weight is 157 g/mol. The van der Waals surface area contributed by atoms with E-state index < -0.39 is 6.23 Å². The van der Waals surface area contributed by atoms with Crippen molar-refractivity contribution < 1.29 is 9.90 Å². The second-order valence-corrected chi connectivity index (χ2v) is 2.70. The molecule has 0 bridgehead atoms. The van der Waals surface area contributed by atoms with E-state index in [0.29, 0.717) is 0 Å². The molecule has 1 aliphatic rings. The van der Waals surface area contributed by atoms with Crippen LogP contribution in [0, 0.1) is 0 Å². The monoisotopic (exact) mass is 157 g/mol. The third kappa shape index (κ3) is 2.96. The van der Waals surface area contributed by atoms with Gasteiger partial charge >= 0.3 is 0 Å². The van der Waals surface area contributed by atoms with Crippen LogP contribution in [0.3, 0.4) is 0 Å². The number of hydrazine groups is 1. The first-order valence-corrected chi connectivity index (χ1v) is 3.90. The molecule has 4 heteroatoms. The summed E-state index contributed by atoms with van der Waals surface area (Å²) in [6.45, 7) is 1.80. The number of aliphatic hydroxyl groups is 1. The molecule has 1 unspecified atom stereocenters. The Bertz CT molecular complexity index is 124. The molecule has 0 aromatic rings. The lowest BCUT2D eigenvalue weighted by Crippen LogP contribution is -2.47. The Morgan fingerprint density at radius 3 is 2.55 bits per heavy atom. The highest BCUT2D eigenvalue weighted by Crippen LogP contribution is 2.05. The van der Waals surface area contributed by atoms with Crippen molar-refractivity contribution in [1.82, 2.24) is 10.4 Å². The van der Waals surface area contributed by atoms with Crippen LogP contribution in [0.1, 0.15) is 19.3 Å². The number of rotatable bonds is 3. The molecule has 1 aliphatic heterocycles. The van der Waals surface area contributed by atoms with Crippen molar-refractivity contribution in [2.75, 3.05) is 13.1 Å². The van der Waals surface area contributed by atoms with Gasteiger partial charge in [0.1, 0.15) is 0 Å². The Kier molecular flexibility index (Phi) is 3.48. The number of nitrogens with zero attached hydrogens (tertiary/aromatic N) is 1. The fourth-order valence-electron chi connectivity index (χ4n) is 1.22. The van der Waals surface area contributed by atoms with E-state index in [1.54, 1.807) is 0 Å². The molecule has 1 rings (SSSR count). The Labute approximate surface area is 66.2 Å². The van der Waals surface area contributed by atoms with E-state index in [1.807, 2.05) is 5.01 Å². The largest absolute Gasteiger partial charge is 0.370 e. The molecule has 63 valence electrons. The predicted octanol–water partition coefficient (Wildman–Crippen LogP) is -0.595. The molecular formula is C7H13N2O2. The van der Waals surface area contributed by atoms with Crippen LogP contribution in [0.25, 0.3) is 0 Å². The average Bonchev–Trinajstić information content (AvgIpc) is 2.06. The molecule has 1 saturated heterocycles. The number of nitrogens with one attached hydrogen (secondary N) is 1. The van der Waals surface area contributed by atoms with Gasteiger partial charge < -0.3 is 5.11 Å². The summed E-state index contributed by atoms with van der Waals surface area (Å²) >= 11 is 0. The molecule has 1 atom stereocenters. The van der Waals surface area contributed by atoms with Gasteiger partial charge in [0, 0.05) is 13.1 Å². The molecule has 1 fully saturated rings. The number of piperidine rings is 1. The van der Waals surface area contributed by atoms with Gasteiger partial charge in [-0.05, 0) is 12.8 Å². The summed E-state index contributed by atoms with van der Waals surface area (Å²) < 4.78 is 0. The molecule has 4 nitrogen and oxygen atoms in total. The van der Waals surface area contributed by atoms with Gasteiger partial charge in [0.2, 0.25) is 6.29 Å². The summed E-state index contributed by atoms with van der Waals surface area (Å²) in [7, 11) is 0. The molecule has 2 N–H and O–H groups in total. The van der Waals surface area contributed by atoms with Gasteiger partial charge in [0.25, 0.3) is 0 Å². The first-order valence-electron chi connectivity index (χ1n) is 3.90. The van der Waals surface area contributed by atoms with Crippen LogP contribution in [-0.2, 0) is 4.79 Å². The number of aliphatic hydroxyl groups excluding tert-OH is 1. The van der Waals surface area contributed by atoms with Crippen molar-refractivity contribution >= 4 is 6.29 Å². The van der Waals surface area contributed by atoms with Gasteiger partial charge in [-0.1, -0.05) is 6.42 Å². The van der Waals surface area contributed by atoms with E-state index in [0.717, 1.165) is 25.9 Å². The molecule has 1 radical (unpaired) electrons. The highest BCUT2D eigenvalue weighted by Gasteiger charge is 2.12. The van der Waals surface area contributed by atoms with Crippen molar-refractivity contribution in [3.8, 4) is 0 Å². The van der Waals surface area contributed by atoms with Gasteiger partial charge in [-0.2, -0.15) is 0 Å². The van der Waals surface area contributed by atoms with Crippen molar-refractivity contribution in [3.05, 3.63) is 0 Å². The second kappa shape index (κ2) is 4.43. The Hall–Kier alpha value is -0.450. The first-order chi connectivity index (χ1) is 5.33. The second-order valence-electron chi connectivity index (χ2n) is 2.70. The summed E-state index contributed by atoms with van der Waals surface area (Å²) in [5.41, 5.74) is 2.63. The molecular weight excluding hydrogens is 144 g/mol. The Balaban J connectivity index is 2.18. The molecule has 0 saturated carbocycles. The minimum atomic E-state index is -1.16. The standard InChI is InChI=1S/C7H13N2O2/c10-6-7(11)8-9-4-2-1-3-5-9/h7-8,11H,1-5H2. The molecule has 0 amide bonds. The summed E-state index contributed by atoms with van der Waals surface area (Å²) in [5.74, 6) is 0. The minimum absolute atomic E-state index is 0.902. The van der Waals surface area contributed by atoms with Crippen LogP contribution in [0.15, 0.2) is 0 Å². The number of hydrogen-bond donors (Lipinski definition) is 2. The van der Waals surface area contributed by atoms with Crippen molar-refractivity contribution in [2.45, 2.75) is 25.5 Å². The van der Waals surface area contributed by atoms with Gasteiger partial charge in [-0.15, -0.1) is 0 Å². The fraction of sp³-hybridized carbons (Fsp3) is 0.857.